The van der Waals surface area contributed by atoms with E-state index in [0.717, 1.165) is 25.9 Å². The molecule has 5 aromatic rings. The Kier molecular flexibility index (Phi) is 10.7. The number of hydrogen-bond donors (Lipinski definition) is 1. The monoisotopic (exact) mass is 800 g/mol. The van der Waals surface area contributed by atoms with Gasteiger partial charge in [-0.15, -0.1) is 11.3 Å². The number of likely N-dealkylation sites (tertiary alicyclic amines) is 1. The molecule has 1 aliphatic heterocycles. The Balaban J connectivity index is 1.19. The second kappa shape index (κ2) is 15.3. The average Bonchev–Trinajstić information content (AvgIpc) is 3.72. The third kappa shape index (κ3) is 7.80. The number of nitrogens with one attached hydrogen (secondary N) is 1. The minimum absolute atomic E-state index is 0.0226. The first kappa shape index (κ1) is 38.3. The van der Waals surface area contributed by atoms with Crippen LogP contribution in [-0.2, 0) is 16.6 Å². The first-order chi connectivity index (χ1) is 26.3. The number of sulfonamides is 1. The van der Waals surface area contributed by atoms with Crippen LogP contribution in [0.3, 0.4) is 0 Å². The Morgan fingerprint density at radius 1 is 1.18 bits per heavy atom. The molecule has 1 saturated carbocycles. The van der Waals surface area contributed by atoms with Crippen molar-refractivity contribution in [2.24, 2.45) is 0 Å². The number of anilines is 1. The Morgan fingerprint density at radius 3 is 2.64 bits per heavy atom. The normalized spacial score (nSPS) is 15.7. The van der Waals surface area contributed by atoms with Gasteiger partial charge in [0, 0.05) is 65.5 Å². The second-order valence-electron chi connectivity index (χ2n) is 13.8. The lowest BCUT2D eigenvalue weighted by molar-refractivity contribution is 0.0983. The molecule has 7 rings (SSSR count). The van der Waals surface area contributed by atoms with E-state index >= 15 is 0 Å². The number of rotatable bonds is 10. The van der Waals surface area contributed by atoms with Gasteiger partial charge in [0.25, 0.3) is 11.5 Å². The van der Waals surface area contributed by atoms with E-state index in [-0.39, 0.29) is 34.9 Å². The maximum atomic E-state index is 14.4. The Morgan fingerprint density at radius 2 is 1.95 bits per heavy atom. The van der Waals surface area contributed by atoms with Crippen molar-refractivity contribution in [3.05, 3.63) is 79.9 Å². The minimum Gasteiger partial charge on any atom is -0.353 e. The van der Waals surface area contributed by atoms with Crippen LogP contribution in [-0.4, -0.2) is 82.4 Å². The number of halogens is 2. The summed E-state index contributed by atoms with van der Waals surface area (Å²) in [7, 11) is -3.78. The van der Waals surface area contributed by atoms with Crippen LogP contribution in [0, 0.1) is 30.1 Å². The lowest BCUT2D eigenvalue weighted by Crippen LogP contribution is -2.47. The van der Waals surface area contributed by atoms with Gasteiger partial charge in [-0.1, -0.05) is 23.4 Å². The number of piperidine rings is 1. The number of nitriles is 1. The van der Waals surface area contributed by atoms with Crippen LogP contribution in [0.25, 0.3) is 32.2 Å². The molecule has 0 atom stereocenters. The van der Waals surface area contributed by atoms with Gasteiger partial charge < -0.3 is 9.80 Å². The molecule has 1 aliphatic carbocycles. The van der Waals surface area contributed by atoms with Crippen molar-refractivity contribution >= 4 is 65.8 Å². The van der Waals surface area contributed by atoms with Crippen molar-refractivity contribution in [3.8, 4) is 29.0 Å². The molecule has 1 N–H and O–H groups in total. The van der Waals surface area contributed by atoms with E-state index in [1.165, 1.54) is 29.0 Å². The summed E-state index contributed by atoms with van der Waals surface area (Å²) in [6, 6.07) is 9.32. The summed E-state index contributed by atoms with van der Waals surface area (Å²) >= 11 is 7.69. The largest absolute Gasteiger partial charge is 0.353 e. The highest BCUT2D eigenvalue weighted by atomic mass is 35.5. The molecule has 0 spiro atoms. The molecular weight excluding hydrogens is 763 g/mol. The highest BCUT2D eigenvalue weighted by molar-refractivity contribution is 7.90. The number of aromatic nitrogens is 4. The minimum atomic E-state index is -3.78. The number of alkyl halides is 1. The van der Waals surface area contributed by atoms with Gasteiger partial charge in [0.2, 0.25) is 10.0 Å². The average molecular weight is 801 g/mol. The van der Waals surface area contributed by atoms with Crippen LogP contribution in [0.1, 0.15) is 66.8 Å². The number of amides is 1. The van der Waals surface area contributed by atoms with Crippen molar-refractivity contribution in [1.82, 2.24) is 29.1 Å². The topological polar surface area (TPSA) is 154 Å². The fraction of sp³-hybridized carbons (Fsp3) is 0.385. The van der Waals surface area contributed by atoms with Crippen LogP contribution in [0.4, 0.5) is 10.2 Å². The summed E-state index contributed by atoms with van der Waals surface area (Å²) in [4.78, 5) is 45.0. The van der Waals surface area contributed by atoms with Crippen molar-refractivity contribution in [1.29, 1.82) is 5.26 Å². The number of thiophene rings is 1. The quantitative estimate of drug-likeness (QED) is 0.171. The molecule has 284 valence electrons. The zero-order valence-electron chi connectivity index (χ0n) is 30.5. The predicted octanol–water partition coefficient (Wildman–Crippen LogP) is 5.83. The van der Waals surface area contributed by atoms with Crippen LogP contribution < -0.4 is 15.2 Å². The summed E-state index contributed by atoms with van der Waals surface area (Å²) in [6.45, 7) is 7.68. The SMILES string of the molecule is CCN(c1ncc2nc(C)n(CC#Cc3ccc(Cl)cc3-c3ccnc4c(C(=O)NS(=O)(=O)CC)csc34)c(=O)c2c1C#N)C1CCN(CC2(F)CC2)CC1. The molecule has 1 amide bonds. The van der Waals surface area contributed by atoms with E-state index in [2.05, 4.69) is 47.4 Å². The first-order valence-corrected chi connectivity index (χ1v) is 20.9. The van der Waals surface area contributed by atoms with E-state index < -0.39 is 27.2 Å². The Labute approximate surface area is 327 Å². The van der Waals surface area contributed by atoms with Gasteiger partial charge in [-0.25, -0.2) is 27.5 Å². The highest BCUT2D eigenvalue weighted by Crippen LogP contribution is 2.41. The summed E-state index contributed by atoms with van der Waals surface area (Å²) in [5.41, 5.74) is 1.48. The van der Waals surface area contributed by atoms with Crippen molar-refractivity contribution in [3.63, 3.8) is 0 Å². The summed E-state index contributed by atoms with van der Waals surface area (Å²) in [5, 5.41) is 12.6. The van der Waals surface area contributed by atoms with Crippen molar-refractivity contribution in [2.75, 3.05) is 36.8 Å². The van der Waals surface area contributed by atoms with Gasteiger partial charge in [0.15, 0.2) is 0 Å². The number of pyridine rings is 2. The lowest BCUT2D eigenvalue weighted by atomic mass is 10.00. The molecule has 12 nitrogen and oxygen atoms in total. The molecule has 55 heavy (non-hydrogen) atoms. The van der Waals surface area contributed by atoms with Gasteiger partial charge in [-0.2, -0.15) is 5.26 Å². The van der Waals surface area contributed by atoms with Gasteiger partial charge in [-0.3, -0.25) is 19.1 Å². The molecule has 0 unspecified atom stereocenters. The third-order valence-electron chi connectivity index (χ3n) is 10.3. The molecule has 2 fully saturated rings. The molecule has 1 saturated heterocycles. The first-order valence-electron chi connectivity index (χ1n) is 18.0. The zero-order chi connectivity index (χ0) is 39.1. The number of carbonyl (C=O) groups excluding carboxylic acids is 1. The van der Waals surface area contributed by atoms with E-state index in [1.54, 1.807) is 42.8 Å². The van der Waals surface area contributed by atoms with E-state index in [0.29, 0.717) is 75.0 Å². The Bertz CT molecular complexity index is 2620. The van der Waals surface area contributed by atoms with Crippen molar-refractivity contribution in [2.45, 2.75) is 64.7 Å². The second-order valence-corrected chi connectivity index (χ2v) is 17.2. The van der Waals surface area contributed by atoms with Crippen molar-refractivity contribution < 1.29 is 17.6 Å². The maximum absolute atomic E-state index is 14.4. The van der Waals surface area contributed by atoms with Crippen LogP contribution >= 0.6 is 22.9 Å². The smallest absolute Gasteiger partial charge is 0.267 e. The number of aryl methyl sites for hydroxylation is 1. The molecule has 4 aromatic heterocycles. The van der Waals surface area contributed by atoms with Gasteiger partial charge in [-0.05, 0) is 70.7 Å². The van der Waals surface area contributed by atoms with E-state index in [1.807, 2.05) is 6.92 Å². The lowest BCUT2D eigenvalue weighted by Gasteiger charge is -2.39. The number of benzene rings is 1. The number of fused-ring (bicyclic) bond motifs is 2. The van der Waals surface area contributed by atoms with Crippen LogP contribution in [0.2, 0.25) is 5.02 Å². The summed E-state index contributed by atoms with van der Waals surface area (Å²) < 4.78 is 42.7. The molecule has 2 aliphatic rings. The molecule has 5 heterocycles. The zero-order valence-corrected chi connectivity index (χ0v) is 32.9. The fourth-order valence-corrected chi connectivity index (χ4v) is 8.86. The highest BCUT2D eigenvalue weighted by Gasteiger charge is 2.45. The van der Waals surface area contributed by atoms with Crippen LogP contribution in [0.5, 0.6) is 0 Å². The Hall–Kier alpha value is -4.93. The van der Waals surface area contributed by atoms with Gasteiger partial charge in [0.05, 0.1) is 45.2 Å². The fourth-order valence-electron chi connectivity index (χ4n) is 7.12. The standard InChI is InChI=1S/C39H38ClFN8O4S2/c1-4-48(27-11-17-47(18-12-27)23-39(41)13-14-39)36-30(20-42)33-32(21-44-36)45-24(3)49(38(33)51)16-6-7-25-8-9-26(40)19-29(25)28-10-15-43-34-31(22-54-35(28)34)37(50)46-55(52,53)5-2/h8-10,15,19,21-22,27H,4-5,11-14,16-18,23H2,1-3H3,(H,46,50). The van der Waals surface area contributed by atoms with E-state index in [4.69, 9.17) is 11.6 Å². The maximum Gasteiger partial charge on any atom is 0.267 e. The molecule has 0 bridgehead atoms. The molecule has 0 radical (unpaired) electrons. The third-order valence-corrected chi connectivity index (χ3v) is 12.7. The predicted molar refractivity (Wildman–Crippen MR) is 213 cm³/mol. The molecule has 16 heteroatoms. The van der Waals surface area contributed by atoms with Gasteiger partial charge in [0.1, 0.15) is 28.9 Å². The van der Waals surface area contributed by atoms with E-state index in [9.17, 15) is 27.7 Å². The van der Waals surface area contributed by atoms with Crippen LogP contribution in [0.15, 0.2) is 46.8 Å². The molecular formula is C39H38ClFN8O4S2. The summed E-state index contributed by atoms with van der Waals surface area (Å²) in [5.74, 6) is 6.12. The molecule has 1 aromatic carbocycles. The number of nitrogens with zero attached hydrogens (tertiary/aromatic N) is 7. The number of hydrogen-bond acceptors (Lipinski definition) is 11. The summed E-state index contributed by atoms with van der Waals surface area (Å²) in [6.07, 6.45) is 5.93. The number of carbonyl (C=O) groups is 1. The van der Waals surface area contributed by atoms with Gasteiger partial charge >= 0.3 is 0 Å².